The fourth-order valence-electron chi connectivity index (χ4n) is 3.91. The Morgan fingerprint density at radius 1 is 1.11 bits per heavy atom. The van der Waals surface area contributed by atoms with Crippen LogP contribution in [0, 0.1) is 11.3 Å². The van der Waals surface area contributed by atoms with E-state index in [-0.39, 0.29) is 0 Å². The highest BCUT2D eigenvalue weighted by Crippen LogP contribution is 2.36. The zero-order valence-corrected chi connectivity index (χ0v) is 12.5. The van der Waals surface area contributed by atoms with Gasteiger partial charge in [-0.3, -0.25) is 0 Å². The smallest absolute Gasteiger partial charge is 0.00955 e. The summed E-state index contributed by atoms with van der Waals surface area (Å²) in [7, 11) is 0. The zero-order chi connectivity index (χ0) is 13.0. The van der Waals surface area contributed by atoms with Gasteiger partial charge in [0.25, 0.3) is 0 Å². The van der Waals surface area contributed by atoms with Crippen LogP contribution in [0.25, 0.3) is 0 Å². The number of nitrogens with two attached hydrogens (primary N) is 1. The van der Waals surface area contributed by atoms with Crippen LogP contribution < -0.4 is 5.73 Å². The van der Waals surface area contributed by atoms with E-state index in [0.29, 0.717) is 5.41 Å². The van der Waals surface area contributed by atoms with Gasteiger partial charge >= 0.3 is 0 Å². The van der Waals surface area contributed by atoms with Crippen molar-refractivity contribution in [3.05, 3.63) is 0 Å². The summed E-state index contributed by atoms with van der Waals surface area (Å²) in [5.41, 5.74) is 6.31. The normalized spacial score (nSPS) is 34.2. The fraction of sp³-hybridized carbons (Fsp3) is 1.00. The number of piperidine rings is 1. The van der Waals surface area contributed by atoms with E-state index in [2.05, 4.69) is 18.7 Å². The molecule has 2 nitrogen and oxygen atoms in total. The first-order valence-electron chi connectivity index (χ1n) is 8.05. The van der Waals surface area contributed by atoms with Gasteiger partial charge in [-0.25, -0.2) is 0 Å². The molecule has 2 aliphatic rings. The standard InChI is InChI=1S/C16H32N2/c1-16(2)9-3-6-15(7-10-16)18-12-4-5-14(13-18)8-11-17/h14-15H,3-13,17H2,1-2H3. The van der Waals surface area contributed by atoms with Crippen molar-refractivity contribution < 1.29 is 0 Å². The Morgan fingerprint density at radius 2 is 1.94 bits per heavy atom. The van der Waals surface area contributed by atoms with E-state index >= 15 is 0 Å². The summed E-state index contributed by atoms with van der Waals surface area (Å²) in [6.45, 7) is 8.43. The Labute approximate surface area is 113 Å². The first kappa shape index (κ1) is 14.3. The minimum absolute atomic E-state index is 0.585. The average Bonchev–Trinajstić information content (AvgIpc) is 2.51. The van der Waals surface area contributed by atoms with E-state index in [4.69, 9.17) is 5.73 Å². The van der Waals surface area contributed by atoms with Gasteiger partial charge in [0, 0.05) is 12.6 Å². The summed E-state index contributed by atoms with van der Waals surface area (Å²) in [5.74, 6) is 0.875. The topological polar surface area (TPSA) is 29.3 Å². The predicted octanol–water partition coefficient (Wildman–Crippen LogP) is 3.41. The van der Waals surface area contributed by atoms with E-state index in [9.17, 15) is 0 Å². The molecule has 0 amide bonds. The molecule has 2 rings (SSSR count). The van der Waals surface area contributed by atoms with Gasteiger partial charge in [0.1, 0.15) is 0 Å². The minimum Gasteiger partial charge on any atom is -0.330 e. The summed E-state index contributed by atoms with van der Waals surface area (Å²) in [6, 6.07) is 0.868. The molecule has 2 heteroatoms. The SMILES string of the molecule is CC1(C)CCCC(N2CCCC(CCN)C2)CC1. The molecule has 0 radical (unpaired) electrons. The second-order valence-electron chi connectivity index (χ2n) is 7.33. The van der Waals surface area contributed by atoms with Gasteiger partial charge in [-0.2, -0.15) is 0 Å². The molecule has 1 saturated carbocycles. The van der Waals surface area contributed by atoms with Crippen molar-refractivity contribution in [3.63, 3.8) is 0 Å². The van der Waals surface area contributed by atoms with Crippen LogP contribution in [0.1, 0.15) is 65.2 Å². The van der Waals surface area contributed by atoms with Crippen molar-refractivity contribution >= 4 is 0 Å². The summed E-state index contributed by atoms with van der Waals surface area (Å²) in [6.07, 6.45) is 11.1. The van der Waals surface area contributed by atoms with Crippen LogP contribution in [0.15, 0.2) is 0 Å². The van der Waals surface area contributed by atoms with Gasteiger partial charge in [0.15, 0.2) is 0 Å². The van der Waals surface area contributed by atoms with Crippen molar-refractivity contribution in [1.29, 1.82) is 0 Å². The van der Waals surface area contributed by atoms with E-state index in [1.54, 1.807) is 0 Å². The van der Waals surface area contributed by atoms with Crippen molar-refractivity contribution in [2.75, 3.05) is 19.6 Å². The maximum atomic E-state index is 5.73. The van der Waals surface area contributed by atoms with Crippen LogP contribution in [-0.2, 0) is 0 Å². The van der Waals surface area contributed by atoms with Crippen molar-refractivity contribution in [3.8, 4) is 0 Å². The number of likely N-dealkylation sites (tertiary alicyclic amines) is 1. The highest BCUT2D eigenvalue weighted by atomic mass is 15.2. The van der Waals surface area contributed by atoms with Crippen molar-refractivity contribution in [2.24, 2.45) is 17.1 Å². The minimum atomic E-state index is 0.585. The van der Waals surface area contributed by atoms with Crippen LogP contribution in [0.5, 0.6) is 0 Å². The maximum Gasteiger partial charge on any atom is 0.00955 e. The fourth-order valence-corrected chi connectivity index (χ4v) is 3.91. The third-order valence-electron chi connectivity index (χ3n) is 5.19. The third kappa shape index (κ3) is 3.96. The first-order chi connectivity index (χ1) is 8.61. The largest absolute Gasteiger partial charge is 0.330 e. The molecule has 2 atom stereocenters. The molecular weight excluding hydrogens is 220 g/mol. The predicted molar refractivity (Wildman–Crippen MR) is 78.6 cm³/mol. The van der Waals surface area contributed by atoms with Crippen LogP contribution in [-0.4, -0.2) is 30.6 Å². The van der Waals surface area contributed by atoms with Gasteiger partial charge in [-0.15, -0.1) is 0 Å². The lowest BCUT2D eigenvalue weighted by atomic mass is 9.85. The highest BCUT2D eigenvalue weighted by molar-refractivity contribution is 4.84. The monoisotopic (exact) mass is 252 g/mol. The number of nitrogens with zero attached hydrogens (tertiary/aromatic N) is 1. The molecule has 1 saturated heterocycles. The second kappa shape index (κ2) is 6.38. The third-order valence-corrected chi connectivity index (χ3v) is 5.19. The van der Waals surface area contributed by atoms with Gasteiger partial charge in [0.05, 0.1) is 0 Å². The zero-order valence-electron chi connectivity index (χ0n) is 12.5. The lowest BCUT2D eigenvalue weighted by Crippen LogP contribution is -2.43. The van der Waals surface area contributed by atoms with Crippen LogP contribution in [0.3, 0.4) is 0 Å². The molecule has 1 aliphatic heterocycles. The lowest BCUT2D eigenvalue weighted by Gasteiger charge is -2.38. The Morgan fingerprint density at radius 3 is 2.72 bits per heavy atom. The second-order valence-corrected chi connectivity index (χ2v) is 7.33. The van der Waals surface area contributed by atoms with Crippen molar-refractivity contribution in [2.45, 2.75) is 71.3 Å². The Bertz CT molecular complexity index is 247. The Kier molecular flexibility index (Phi) is 5.08. The number of hydrogen-bond donors (Lipinski definition) is 1. The van der Waals surface area contributed by atoms with E-state index in [1.165, 1.54) is 64.5 Å². The van der Waals surface area contributed by atoms with Gasteiger partial charge in [-0.05, 0) is 69.4 Å². The maximum absolute atomic E-state index is 5.73. The number of hydrogen-bond acceptors (Lipinski definition) is 2. The molecule has 2 unspecified atom stereocenters. The van der Waals surface area contributed by atoms with Gasteiger partial charge in [0.2, 0.25) is 0 Å². The average molecular weight is 252 g/mol. The molecular formula is C16H32N2. The molecule has 1 aliphatic carbocycles. The summed E-state index contributed by atoms with van der Waals surface area (Å²) in [5, 5.41) is 0. The molecule has 0 bridgehead atoms. The van der Waals surface area contributed by atoms with Crippen LogP contribution in [0.4, 0.5) is 0 Å². The van der Waals surface area contributed by atoms with E-state index in [0.717, 1.165) is 18.5 Å². The molecule has 0 aromatic heterocycles. The molecule has 1 heterocycles. The molecule has 2 N–H and O–H groups in total. The molecule has 106 valence electrons. The van der Waals surface area contributed by atoms with Gasteiger partial charge in [-0.1, -0.05) is 20.3 Å². The first-order valence-corrected chi connectivity index (χ1v) is 8.05. The quantitative estimate of drug-likeness (QED) is 0.780. The molecule has 0 aromatic rings. The van der Waals surface area contributed by atoms with Crippen LogP contribution in [0.2, 0.25) is 0 Å². The highest BCUT2D eigenvalue weighted by Gasteiger charge is 2.30. The Hall–Kier alpha value is -0.0800. The number of rotatable bonds is 3. The lowest BCUT2D eigenvalue weighted by molar-refractivity contribution is 0.108. The molecule has 0 aromatic carbocycles. The Balaban J connectivity index is 1.86. The van der Waals surface area contributed by atoms with E-state index in [1.807, 2.05) is 0 Å². The van der Waals surface area contributed by atoms with Gasteiger partial charge < -0.3 is 10.6 Å². The van der Waals surface area contributed by atoms with Crippen molar-refractivity contribution in [1.82, 2.24) is 4.90 Å². The molecule has 18 heavy (non-hydrogen) atoms. The van der Waals surface area contributed by atoms with E-state index < -0.39 is 0 Å². The summed E-state index contributed by atoms with van der Waals surface area (Å²) in [4.78, 5) is 2.80. The molecule has 0 spiro atoms. The summed E-state index contributed by atoms with van der Waals surface area (Å²) < 4.78 is 0. The summed E-state index contributed by atoms with van der Waals surface area (Å²) >= 11 is 0. The molecule has 2 fully saturated rings. The van der Waals surface area contributed by atoms with Crippen LogP contribution >= 0.6 is 0 Å².